The van der Waals surface area contributed by atoms with Gasteiger partial charge in [-0.05, 0) is 19.3 Å². The number of nitrogens with one attached hydrogen (secondary N) is 1. The van der Waals surface area contributed by atoms with E-state index in [0.717, 1.165) is 38.6 Å². The van der Waals surface area contributed by atoms with Gasteiger partial charge in [-0.3, -0.25) is 9.59 Å². The van der Waals surface area contributed by atoms with Crippen LogP contribution in [0.5, 0.6) is 0 Å². The van der Waals surface area contributed by atoms with Crippen molar-refractivity contribution < 1.29 is 9.59 Å². The average Bonchev–Trinajstić information content (AvgIpc) is 3.08. The highest BCUT2D eigenvalue weighted by atomic mass is 16.1. The van der Waals surface area contributed by atoms with Crippen LogP contribution in [0.25, 0.3) is 0 Å². The van der Waals surface area contributed by atoms with Crippen molar-refractivity contribution in [1.82, 2.24) is 5.32 Å². The zero-order valence-electron chi connectivity index (χ0n) is 32.9. The molecule has 286 valence electrons. The molecule has 0 heterocycles. The SMILES string of the molecule is CCCCCCCCCCCCCCCCCCCCCCNC(=O)CCCCCCCCCCCCCCCCCCCCC(N)=O. The summed E-state index contributed by atoms with van der Waals surface area (Å²) in [6, 6.07) is 0. The van der Waals surface area contributed by atoms with Gasteiger partial charge in [0.1, 0.15) is 0 Å². The van der Waals surface area contributed by atoms with Crippen LogP contribution in [0.2, 0.25) is 0 Å². The standard InChI is InChI=1S/C44H88N2O2/c1-2-3-4-5-6-7-8-9-10-11-12-15-18-21-24-27-30-33-36-39-42-46-44(48)41-38-35-32-29-26-23-20-17-14-13-16-19-22-25-28-31-34-37-40-43(45)47/h2-42H2,1H3,(H2,45,47)(H,46,48). The highest BCUT2D eigenvalue weighted by Gasteiger charge is 2.02. The van der Waals surface area contributed by atoms with Gasteiger partial charge in [-0.2, -0.15) is 0 Å². The Kier molecular flexibility index (Phi) is 41.2. The largest absolute Gasteiger partial charge is 0.370 e. The van der Waals surface area contributed by atoms with Crippen LogP contribution in [0.15, 0.2) is 0 Å². The van der Waals surface area contributed by atoms with Crippen LogP contribution in [-0.4, -0.2) is 18.4 Å². The first-order valence-corrected chi connectivity index (χ1v) is 22.2. The third-order valence-corrected chi connectivity index (χ3v) is 10.4. The number of primary amides is 1. The molecule has 2 amide bonds. The molecule has 4 nitrogen and oxygen atoms in total. The van der Waals surface area contributed by atoms with Crippen LogP contribution in [0.1, 0.15) is 264 Å². The topological polar surface area (TPSA) is 72.2 Å². The lowest BCUT2D eigenvalue weighted by molar-refractivity contribution is -0.121. The minimum Gasteiger partial charge on any atom is -0.370 e. The van der Waals surface area contributed by atoms with Crippen LogP contribution in [0, 0.1) is 0 Å². The molecule has 0 saturated carbocycles. The minimum absolute atomic E-state index is 0.159. The third-order valence-electron chi connectivity index (χ3n) is 10.4. The van der Waals surface area contributed by atoms with Gasteiger partial charge in [-0.15, -0.1) is 0 Å². The molecule has 48 heavy (non-hydrogen) atoms. The summed E-state index contributed by atoms with van der Waals surface area (Å²) in [5.74, 6) is 0.110. The fraction of sp³-hybridized carbons (Fsp3) is 0.955. The van der Waals surface area contributed by atoms with Crippen LogP contribution in [-0.2, 0) is 9.59 Å². The fourth-order valence-electron chi connectivity index (χ4n) is 7.11. The Bertz CT molecular complexity index is 637. The predicted molar refractivity (Wildman–Crippen MR) is 213 cm³/mol. The molecule has 0 aliphatic heterocycles. The van der Waals surface area contributed by atoms with E-state index in [1.807, 2.05) is 0 Å². The van der Waals surface area contributed by atoms with Crippen LogP contribution < -0.4 is 11.1 Å². The number of nitrogens with two attached hydrogens (primary N) is 1. The Morgan fingerprint density at radius 2 is 0.562 bits per heavy atom. The maximum Gasteiger partial charge on any atom is 0.219 e. The summed E-state index contributed by atoms with van der Waals surface area (Å²) in [7, 11) is 0. The van der Waals surface area contributed by atoms with Crippen LogP contribution in [0.3, 0.4) is 0 Å². The van der Waals surface area contributed by atoms with Crippen molar-refractivity contribution in [3.05, 3.63) is 0 Å². The second kappa shape index (κ2) is 42.1. The lowest BCUT2D eigenvalue weighted by Gasteiger charge is -2.06. The first kappa shape index (κ1) is 46.9. The van der Waals surface area contributed by atoms with E-state index in [-0.39, 0.29) is 11.8 Å². The van der Waals surface area contributed by atoms with Crippen molar-refractivity contribution in [2.24, 2.45) is 5.73 Å². The molecular weight excluding hydrogens is 588 g/mol. The van der Waals surface area contributed by atoms with Crippen molar-refractivity contribution in [2.45, 2.75) is 264 Å². The molecule has 0 fully saturated rings. The molecule has 0 saturated heterocycles. The van der Waals surface area contributed by atoms with Gasteiger partial charge in [-0.25, -0.2) is 0 Å². The summed E-state index contributed by atoms with van der Waals surface area (Å²) in [5, 5.41) is 3.15. The van der Waals surface area contributed by atoms with Crippen LogP contribution >= 0.6 is 0 Å². The normalized spacial score (nSPS) is 11.4. The zero-order valence-corrected chi connectivity index (χ0v) is 32.9. The quantitative estimate of drug-likeness (QED) is 0.0632. The third kappa shape index (κ3) is 43.0. The molecule has 0 aromatic rings. The summed E-state index contributed by atoms with van der Waals surface area (Å²) in [6.45, 7) is 3.17. The van der Waals surface area contributed by atoms with Gasteiger partial charge < -0.3 is 11.1 Å². The van der Waals surface area contributed by atoms with Crippen molar-refractivity contribution in [2.75, 3.05) is 6.54 Å². The molecule has 0 unspecified atom stereocenters. The van der Waals surface area contributed by atoms with Crippen molar-refractivity contribution in [3.63, 3.8) is 0 Å². The monoisotopic (exact) mass is 677 g/mol. The minimum atomic E-state index is -0.159. The van der Waals surface area contributed by atoms with Gasteiger partial charge in [0.25, 0.3) is 0 Å². The van der Waals surface area contributed by atoms with E-state index < -0.39 is 0 Å². The second-order valence-electron chi connectivity index (χ2n) is 15.4. The molecule has 0 aliphatic carbocycles. The number of hydrogen-bond acceptors (Lipinski definition) is 2. The number of rotatable bonds is 42. The first-order chi connectivity index (χ1) is 23.7. The van der Waals surface area contributed by atoms with Gasteiger partial charge >= 0.3 is 0 Å². The number of carbonyl (C=O) groups excluding carboxylic acids is 2. The summed E-state index contributed by atoms with van der Waals surface area (Å²) < 4.78 is 0. The summed E-state index contributed by atoms with van der Waals surface area (Å²) in [6.07, 6.45) is 52.9. The summed E-state index contributed by atoms with van der Waals surface area (Å²) in [5.41, 5.74) is 5.18. The van der Waals surface area contributed by atoms with Gasteiger partial charge in [0.2, 0.25) is 11.8 Å². The lowest BCUT2D eigenvalue weighted by Crippen LogP contribution is -2.23. The van der Waals surface area contributed by atoms with Crippen molar-refractivity contribution >= 4 is 11.8 Å². The lowest BCUT2D eigenvalue weighted by atomic mass is 10.0. The van der Waals surface area contributed by atoms with E-state index in [9.17, 15) is 9.59 Å². The van der Waals surface area contributed by atoms with E-state index in [4.69, 9.17) is 5.73 Å². The molecule has 0 aromatic heterocycles. The molecule has 0 atom stereocenters. The summed E-state index contributed by atoms with van der Waals surface area (Å²) >= 11 is 0. The van der Waals surface area contributed by atoms with Crippen LogP contribution in [0.4, 0.5) is 0 Å². The first-order valence-electron chi connectivity index (χ1n) is 22.2. The summed E-state index contributed by atoms with van der Waals surface area (Å²) in [4.78, 5) is 22.8. The Morgan fingerprint density at radius 3 is 0.833 bits per heavy atom. The Labute approximate surface area is 302 Å². The molecule has 0 radical (unpaired) electrons. The molecule has 0 bridgehead atoms. The predicted octanol–water partition coefficient (Wildman–Crippen LogP) is 14.2. The smallest absolute Gasteiger partial charge is 0.219 e. The van der Waals surface area contributed by atoms with E-state index in [2.05, 4.69) is 12.2 Å². The molecule has 0 rings (SSSR count). The number of carbonyl (C=O) groups is 2. The Balaban J connectivity index is 3.15. The molecule has 3 N–H and O–H groups in total. The van der Waals surface area contributed by atoms with Gasteiger partial charge in [0.05, 0.1) is 0 Å². The second-order valence-corrected chi connectivity index (χ2v) is 15.4. The Morgan fingerprint density at radius 1 is 0.333 bits per heavy atom. The van der Waals surface area contributed by atoms with E-state index in [1.54, 1.807) is 0 Å². The number of unbranched alkanes of at least 4 members (excludes halogenated alkanes) is 36. The van der Waals surface area contributed by atoms with Gasteiger partial charge in [-0.1, -0.05) is 232 Å². The van der Waals surface area contributed by atoms with Gasteiger partial charge in [0, 0.05) is 19.4 Å². The highest BCUT2D eigenvalue weighted by molar-refractivity contribution is 5.75. The molecular formula is C44H88N2O2. The Hall–Kier alpha value is -1.06. The highest BCUT2D eigenvalue weighted by Crippen LogP contribution is 2.16. The maximum atomic E-state index is 12.1. The molecule has 0 spiro atoms. The van der Waals surface area contributed by atoms with Crippen molar-refractivity contribution in [3.8, 4) is 0 Å². The maximum absolute atomic E-state index is 12.1. The van der Waals surface area contributed by atoms with Crippen molar-refractivity contribution in [1.29, 1.82) is 0 Å². The zero-order chi connectivity index (χ0) is 34.9. The van der Waals surface area contributed by atoms with E-state index in [0.29, 0.717) is 6.42 Å². The van der Waals surface area contributed by atoms with E-state index >= 15 is 0 Å². The fourth-order valence-corrected chi connectivity index (χ4v) is 7.11. The number of amides is 2. The van der Waals surface area contributed by atoms with E-state index in [1.165, 1.54) is 218 Å². The average molecular weight is 677 g/mol. The molecule has 0 aliphatic rings. The van der Waals surface area contributed by atoms with Gasteiger partial charge in [0.15, 0.2) is 0 Å². The molecule has 4 heteroatoms. The molecule has 0 aromatic carbocycles. The number of hydrogen-bond donors (Lipinski definition) is 2.